The highest BCUT2D eigenvalue weighted by Crippen LogP contribution is 2.11. The summed E-state index contributed by atoms with van der Waals surface area (Å²) in [4.78, 5) is 6.78. The van der Waals surface area contributed by atoms with Gasteiger partial charge in [-0.2, -0.15) is 5.10 Å². The van der Waals surface area contributed by atoms with Gasteiger partial charge in [0.05, 0.1) is 32.0 Å². The molecule has 3 rings (SSSR count). The van der Waals surface area contributed by atoms with E-state index >= 15 is 0 Å². The van der Waals surface area contributed by atoms with Crippen molar-refractivity contribution in [2.45, 2.75) is 26.1 Å². The molecule has 1 fully saturated rings. The molecular formula is C14H21N5O. The zero-order chi connectivity index (χ0) is 13.9. The number of imidazole rings is 1. The average molecular weight is 275 g/mol. The van der Waals surface area contributed by atoms with Crippen LogP contribution in [0.3, 0.4) is 0 Å². The molecule has 0 N–H and O–H groups in total. The van der Waals surface area contributed by atoms with E-state index in [1.807, 2.05) is 30.3 Å². The summed E-state index contributed by atoms with van der Waals surface area (Å²) in [6.07, 6.45) is 7.97. The van der Waals surface area contributed by atoms with Crippen LogP contribution in [0, 0.1) is 6.92 Å². The van der Waals surface area contributed by atoms with Crippen LogP contribution in [0.25, 0.3) is 0 Å². The molecule has 2 aromatic heterocycles. The Morgan fingerprint density at radius 1 is 1.45 bits per heavy atom. The van der Waals surface area contributed by atoms with Crippen molar-refractivity contribution in [1.29, 1.82) is 0 Å². The van der Waals surface area contributed by atoms with E-state index in [4.69, 9.17) is 4.74 Å². The minimum Gasteiger partial charge on any atom is -0.374 e. The number of hydrogen-bond acceptors (Lipinski definition) is 4. The SMILES string of the molecule is Cc1cnn(C[C@H]2CN(Cc3nccn3C)CCO2)c1. The summed E-state index contributed by atoms with van der Waals surface area (Å²) in [7, 11) is 2.03. The third kappa shape index (κ3) is 3.08. The minimum atomic E-state index is 0.198. The van der Waals surface area contributed by atoms with E-state index in [-0.39, 0.29) is 6.10 Å². The Hall–Kier alpha value is -1.66. The normalized spacial score (nSPS) is 20.4. The van der Waals surface area contributed by atoms with Gasteiger partial charge in [-0.25, -0.2) is 4.98 Å². The molecule has 0 aromatic carbocycles. The molecule has 6 heteroatoms. The van der Waals surface area contributed by atoms with E-state index in [0.29, 0.717) is 0 Å². The molecule has 108 valence electrons. The smallest absolute Gasteiger partial charge is 0.122 e. The third-order valence-electron chi connectivity index (χ3n) is 3.66. The lowest BCUT2D eigenvalue weighted by Crippen LogP contribution is -2.44. The van der Waals surface area contributed by atoms with Gasteiger partial charge in [-0.15, -0.1) is 0 Å². The van der Waals surface area contributed by atoms with Gasteiger partial charge in [0.15, 0.2) is 0 Å². The lowest BCUT2D eigenvalue weighted by atomic mass is 10.2. The molecule has 0 spiro atoms. The number of nitrogens with zero attached hydrogens (tertiary/aromatic N) is 5. The fraction of sp³-hybridized carbons (Fsp3) is 0.571. The number of aromatic nitrogens is 4. The Labute approximate surface area is 119 Å². The maximum absolute atomic E-state index is 5.84. The van der Waals surface area contributed by atoms with Crippen LogP contribution in [-0.2, 0) is 24.9 Å². The number of morpholine rings is 1. The Balaban J connectivity index is 1.57. The van der Waals surface area contributed by atoms with Gasteiger partial charge in [-0.1, -0.05) is 0 Å². The molecule has 1 aliphatic heterocycles. The summed E-state index contributed by atoms with van der Waals surface area (Å²) >= 11 is 0. The molecule has 0 bridgehead atoms. The minimum absolute atomic E-state index is 0.198. The first-order valence-corrected chi connectivity index (χ1v) is 7.00. The summed E-state index contributed by atoms with van der Waals surface area (Å²) in [5.74, 6) is 1.10. The second-order valence-corrected chi connectivity index (χ2v) is 5.42. The first-order valence-electron chi connectivity index (χ1n) is 7.00. The quantitative estimate of drug-likeness (QED) is 0.829. The molecule has 0 radical (unpaired) electrons. The fourth-order valence-electron chi connectivity index (χ4n) is 2.56. The summed E-state index contributed by atoms with van der Waals surface area (Å²) in [5, 5.41) is 4.33. The van der Waals surface area contributed by atoms with E-state index in [0.717, 1.165) is 38.6 Å². The number of aryl methyl sites for hydroxylation is 2. The van der Waals surface area contributed by atoms with Gasteiger partial charge in [-0.05, 0) is 12.5 Å². The standard InChI is InChI=1S/C14H21N5O/c1-12-7-16-19(8-12)10-13-9-18(5-6-20-13)11-14-15-3-4-17(14)2/h3-4,7-8,13H,5-6,9-11H2,1-2H3/t13-/m1/s1. The molecule has 0 amide bonds. The summed E-state index contributed by atoms with van der Waals surface area (Å²) in [6, 6.07) is 0. The van der Waals surface area contributed by atoms with E-state index in [1.54, 1.807) is 0 Å². The lowest BCUT2D eigenvalue weighted by Gasteiger charge is -2.32. The molecule has 20 heavy (non-hydrogen) atoms. The van der Waals surface area contributed by atoms with Gasteiger partial charge in [0, 0.05) is 38.7 Å². The number of rotatable bonds is 4. The van der Waals surface area contributed by atoms with E-state index in [1.165, 1.54) is 5.56 Å². The molecule has 1 atom stereocenters. The Kier molecular flexibility index (Phi) is 3.84. The first kappa shape index (κ1) is 13.3. The van der Waals surface area contributed by atoms with E-state index in [2.05, 4.69) is 32.7 Å². The Morgan fingerprint density at radius 3 is 3.05 bits per heavy atom. The molecule has 1 aliphatic rings. The third-order valence-corrected chi connectivity index (χ3v) is 3.66. The molecule has 6 nitrogen and oxygen atoms in total. The van der Waals surface area contributed by atoms with Crippen LogP contribution in [0.1, 0.15) is 11.4 Å². The van der Waals surface area contributed by atoms with Crippen LogP contribution in [0.15, 0.2) is 24.8 Å². The Morgan fingerprint density at radius 2 is 2.35 bits per heavy atom. The molecule has 0 aliphatic carbocycles. The fourth-order valence-corrected chi connectivity index (χ4v) is 2.56. The first-order chi connectivity index (χ1) is 9.70. The van der Waals surface area contributed by atoms with Crippen molar-refractivity contribution in [3.63, 3.8) is 0 Å². The highest BCUT2D eigenvalue weighted by atomic mass is 16.5. The van der Waals surface area contributed by atoms with Crippen molar-refractivity contribution in [3.05, 3.63) is 36.2 Å². The second-order valence-electron chi connectivity index (χ2n) is 5.42. The van der Waals surface area contributed by atoms with E-state index < -0.39 is 0 Å². The van der Waals surface area contributed by atoms with Crippen molar-refractivity contribution in [3.8, 4) is 0 Å². The molecule has 2 aromatic rings. The molecule has 0 saturated carbocycles. The Bertz CT molecular complexity index is 561. The van der Waals surface area contributed by atoms with Crippen molar-refractivity contribution in [1.82, 2.24) is 24.2 Å². The molecule has 0 unspecified atom stereocenters. The largest absolute Gasteiger partial charge is 0.374 e. The zero-order valence-corrected chi connectivity index (χ0v) is 12.1. The molecular weight excluding hydrogens is 254 g/mol. The average Bonchev–Trinajstić information content (AvgIpc) is 3.00. The monoisotopic (exact) mass is 275 g/mol. The zero-order valence-electron chi connectivity index (χ0n) is 12.1. The predicted molar refractivity (Wildman–Crippen MR) is 75.2 cm³/mol. The van der Waals surface area contributed by atoms with Crippen LogP contribution in [-0.4, -0.2) is 50.0 Å². The second kappa shape index (κ2) is 5.76. The topological polar surface area (TPSA) is 48.1 Å². The predicted octanol–water partition coefficient (Wildman–Crippen LogP) is 0.826. The van der Waals surface area contributed by atoms with Crippen LogP contribution in [0.4, 0.5) is 0 Å². The highest BCUT2D eigenvalue weighted by molar-refractivity contribution is 4.99. The van der Waals surface area contributed by atoms with Crippen molar-refractivity contribution >= 4 is 0 Å². The van der Waals surface area contributed by atoms with Gasteiger partial charge in [0.25, 0.3) is 0 Å². The van der Waals surface area contributed by atoms with Crippen molar-refractivity contribution in [2.75, 3.05) is 19.7 Å². The van der Waals surface area contributed by atoms with Gasteiger partial charge in [0.2, 0.25) is 0 Å². The maximum atomic E-state index is 5.84. The van der Waals surface area contributed by atoms with Gasteiger partial charge in [0.1, 0.15) is 5.82 Å². The molecule has 1 saturated heterocycles. The summed E-state index contributed by atoms with van der Waals surface area (Å²) < 4.78 is 9.87. The van der Waals surface area contributed by atoms with Crippen molar-refractivity contribution < 1.29 is 4.74 Å². The van der Waals surface area contributed by atoms with Crippen molar-refractivity contribution in [2.24, 2.45) is 7.05 Å². The summed E-state index contributed by atoms with van der Waals surface area (Å²) in [6.45, 7) is 6.40. The van der Waals surface area contributed by atoms with E-state index in [9.17, 15) is 0 Å². The number of hydrogen-bond donors (Lipinski definition) is 0. The van der Waals surface area contributed by atoms with Gasteiger partial charge < -0.3 is 9.30 Å². The van der Waals surface area contributed by atoms with Crippen LogP contribution >= 0.6 is 0 Å². The van der Waals surface area contributed by atoms with Crippen LogP contribution in [0.5, 0.6) is 0 Å². The molecule has 3 heterocycles. The number of ether oxygens (including phenoxy) is 1. The lowest BCUT2D eigenvalue weighted by molar-refractivity contribution is -0.0411. The summed E-state index contributed by atoms with van der Waals surface area (Å²) in [5.41, 5.74) is 1.19. The maximum Gasteiger partial charge on any atom is 0.122 e. The van der Waals surface area contributed by atoms with Crippen LogP contribution in [0.2, 0.25) is 0 Å². The van der Waals surface area contributed by atoms with Crippen LogP contribution < -0.4 is 0 Å². The van der Waals surface area contributed by atoms with Gasteiger partial charge >= 0.3 is 0 Å². The highest BCUT2D eigenvalue weighted by Gasteiger charge is 2.22. The van der Waals surface area contributed by atoms with Gasteiger partial charge in [-0.3, -0.25) is 9.58 Å².